The summed E-state index contributed by atoms with van der Waals surface area (Å²) < 4.78 is 1.66. The third kappa shape index (κ3) is 3.62. The lowest BCUT2D eigenvalue weighted by Crippen LogP contribution is -2.29. The predicted octanol–water partition coefficient (Wildman–Crippen LogP) is -0.427. The van der Waals surface area contributed by atoms with Crippen molar-refractivity contribution in [1.82, 2.24) is 25.6 Å². The van der Waals surface area contributed by atoms with Crippen LogP contribution < -0.4 is 10.6 Å². The van der Waals surface area contributed by atoms with Crippen molar-refractivity contribution >= 4 is 5.91 Å². The van der Waals surface area contributed by atoms with Crippen LogP contribution in [-0.4, -0.2) is 33.5 Å². The lowest BCUT2D eigenvalue weighted by atomic mass is 10.3. The predicted molar refractivity (Wildman–Crippen MR) is 58.5 cm³/mol. The number of aryl methyl sites for hydroxylation is 1. The van der Waals surface area contributed by atoms with Gasteiger partial charge in [-0.1, -0.05) is 5.21 Å². The second kappa shape index (κ2) is 5.07. The highest BCUT2D eigenvalue weighted by atomic mass is 16.1. The molecule has 2 rings (SSSR count). The normalized spacial score (nSPS) is 15.1. The minimum Gasteiger partial charge on any atom is -0.353 e. The molecular formula is C10H17N5O. The first kappa shape index (κ1) is 11.1. The van der Waals surface area contributed by atoms with Gasteiger partial charge in [-0.3, -0.25) is 9.48 Å². The molecule has 1 amide bonds. The zero-order valence-corrected chi connectivity index (χ0v) is 9.44. The minimum atomic E-state index is 0.133. The number of amides is 1. The van der Waals surface area contributed by atoms with Gasteiger partial charge in [-0.25, -0.2) is 0 Å². The van der Waals surface area contributed by atoms with Gasteiger partial charge in [-0.05, 0) is 12.8 Å². The summed E-state index contributed by atoms with van der Waals surface area (Å²) in [6.07, 6.45) is 4.66. The first-order valence-corrected chi connectivity index (χ1v) is 5.59. The third-order valence-corrected chi connectivity index (χ3v) is 2.43. The fraction of sp³-hybridized carbons (Fsp3) is 0.700. The Bertz CT molecular complexity index is 358. The van der Waals surface area contributed by atoms with Crippen LogP contribution in [0.15, 0.2) is 6.20 Å². The van der Waals surface area contributed by atoms with Crippen LogP contribution in [0.5, 0.6) is 0 Å². The second-order valence-corrected chi connectivity index (χ2v) is 4.15. The van der Waals surface area contributed by atoms with Crippen LogP contribution in [0.2, 0.25) is 0 Å². The molecule has 0 radical (unpaired) electrons. The van der Waals surface area contributed by atoms with Crippen molar-refractivity contribution in [3.8, 4) is 0 Å². The SMILES string of the molecule is Cn1cc(CNCCC(=O)NC2CC2)nn1. The molecule has 1 heterocycles. The van der Waals surface area contributed by atoms with E-state index in [4.69, 9.17) is 0 Å². The monoisotopic (exact) mass is 223 g/mol. The molecule has 6 heteroatoms. The molecular weight excluding hydrogens is 206 g/mol. The van der Waals surface area contributed by atoms with Crippen LogP contribution in [-0.2, 0) is 18.4 Å². The van der Waals surface area contributed by atoms with Crippen molar-refractivity contribution in [1.29, 1.82) is 0 Å². The van der Waals surface area contributed by atoms with Crippen LogP contribution in [0.25, 0.3) is 0 Å². The van der Waals surface area contributed by atoms with E-state index in [0.717, 1.165) is 18.5 Å². The van der Waals surface area contributed by atoms with Crippen molar-refractivity contribution in [2.75, 3.05) is 6.54 Å². The number of nitrogens with one attached hydrogen (secondary N) is 2. The second-order valence-electron chi connectivity index (χ2n) is 4.15. The van der Waals surface area contributed by atoms with E-state index in [1.807, 2.05) is 13.2 Å². The maximum atomic E-state index is 11.3. The summed E-state index contributed by atoms with van der Waals surface area (Å²) in [5, 5.41) is 13.9. The van der Waals surface area contributed by atoms with Gasteiger partial charge in [0.1, 0.15) is 0 Å². The van der Waals surface area contributed by atoms with E-state index >= 15 is 0 Å². The third-order valence-electron chi connectivity index (χ3n) is 2.43. The van der Waals surface area contributed by atoms with E-state index in [2.05, 4.69) is 20.9 Å². The minimum absolute atomic E-state index is 0.133. The maximum absolute atomic E-state index is 11.3. The quantitative estimate of drug-likeness (QED) is 0.642. The number of rotatable bonds is 6. The molecule has 0 saturated heterocycles. The number of aromatic nitrogens is 3. The van der Waals surface area contributed by atoms with Crippen LogP contribution in [0.4, 0.5) is 0 Å². The summed E-state index contributed by atoms with van der Waals surface area (Å²) in [5.41, 5.74) is 0.894. The molecule has 16 heavy (non-hydrogen) atoms. The summed E-state index contributed by atoms with van der Waals surface area (Å²) in [5.74, 6) is 0.133. The average molecular weight is 223 g/mol. The molecule has 2 N–H and O–H groups in total. The van der Waals surface area contributed by atoms with E-state index in [1.165, 1.54) is 0 Å². The summed E-state index contributed by atoms with van der Waals surface area (Å²) in [6, 6.07) is 0.451. The Kier molecular flexibility index (Phi) is 3.51. The largest absolute Gasteiger partial charge is 0.353 e. The van der Waals surface area contributed by atoms with Gasteiger partial charge in [-0.2, -0.15) is 0 Å². The number of carbonyl (C=O) groups excluding carboxylic acids is 1. The van der Waals surface area contributed by atoms with Gasteiger partial charge >= 0.3 is 0 Å². The van der Waals surface area contributed by atoms with Gasteiger partial charge in [-0.15, -0.1) is 5.10 Å². The highest BCUT2D eigenvalue weighted by molar-refractivity contribution is 5.76. The highest BCUT2D eigenvalue weighted by Crippen LogP contribution is 2.18. The van der Waals surface area contributed by atoms with E-state index in [-0.39, 0.29) is 5.91 Å². The average Bonchev–Trinajstić information content (AvgIpc) is 2.95. The molecule has 1 aliphatic rings. The highest BCUT2D eigenvalue weighted by Gasteiger charge is 2.22. The number of carbonyl (C=O) groups is 1. The Labute approximate surface area is 94.4 Å². The van der Waals surface area contributed by atoms with Gasteiger partial charge in [0.25, 0.3) is 0 Å². The molecule has 0 aliphatic heterocycles. The first-order valence-electron chi connectivity index (χ1n) is 5.59. The Morgan fingerprint density at radius 3 is 3.06 bits per heavy atom. The molecule has 0 bridgehead atoms. The van der Waals surface area contributed by atoms with Crippen LogP contribution in [0.1, 0.15) is 25.0 Å². The van der Waals surface area contributed by atoms with Crippen LogP contribution >= 0.6 is 0 Å². The van der Waals surface area contributed by atoms with Crippen molar-refractivity contribution in [3.63, 3.8) is 0 Å². The molecule has 0 spiro atoms. The topological polar surface area (TPSA) is 71.8 Å². The molecule has 0 unspecified atom stereocenters. The van der Waals surface area contributed by atoms with Crippen molar-refractivity contribution in [2.24, 2.45) is 7.05 Å². The number of hydrogen-bond donors (Lipinski definition) is 2. The lowest BCUT2D eigenvalue weighted by molar-refractivity contribution is -0.121. The Balaban J connectivity index is 1.55. The molecule has 88 valence electrons. The van der Waals surface area contributed by atoms with Crippen molar-refractivity contribution in [3.05, 3.63) is 11.9 Å². The van der Waals surface area contributed by atoms with Gasteiger partial charge in [0.05, 0.1) is 5.69 Å². The Hall–Kier alpha value is -1.43. The Morgan fingerprint density at radius 2 is 2.44 bits per heavy atom. The van der Waals surface area contributed by atoms with Gasteiger partial charge in [0.15, 0.2) is 0 Å². The summed E-state index contributed by atoms with van der Waals surface area (Å²) in [7, 11) is 1.83. The zero-order valence-electron chi connectivity index (χ0n) is 9.44. The molecule has 0 aromatic carbocycles. The van der Waals surface area contributed by atoms with Gasteiger partial charge < -0.3 is 10.6 Å². The Morgan fingerprint density at radius 1 is 1.62 bits per heavy atom. The number of hydrogen-bond acceptors (Lipinski definition) is 4. The molecule has 1 saturated carbocycles. The first-order chi connectivity index (χ1) is 7.74. The standard InChI is InChI=1S/C10H17N5O/c1-15-7-9(13-14-15)6-11-5-4-10(16)12-8-2-3-8/h7-8,11H,2-6H2,1H3,(H,12,16). The molecule has 6 nitrogen and oxygen atoms in total. The van der Waals surface area contributed by atoms with Gasteiger partial charge in [0.2, 0.25) is 5.91 Å². The fourth-order valence-corrected chi connectivity index (χ4v) is 1.42. The smallest absolute Gasteiger partial charge is 0.221 e. The lowest BCUT2D eigenvalue weighted by Gasteiger charge is -2.03. The van der Waals surface area contributed by atoms with E-state index in [0.29, 0.717) is 25.6 Å². The fourth-order valence-electron chi connectivity index (χ4n) is 1.42. The van der Waals surface area contributed by atoms with Crippen LogP contribution in [0, 0.1) is 0 Å². The molecule has 1 aromatic heterocycles. The number of nitrogens with zero attached hydrogens (tertiary/aromatic N) is 3. The molecule has 1 aromatic rings. The van der Waals surface area contributed by atoms with Crippen molar-refractivity contribution in [2.45, 2.75) is 31.8 Å². The van der Waals surface area contributed by atoms with E-state index in [9.17, 15) is 4.79 Å². The maximum Gasteiger partial charge on any atom is 0.221 e. The molecule has 1 fully saturated rings. The summed E-state index contributed by atoms with van der Waals surface area (Å²) >= 11 is 0. The van der Waals surface area contributed by atoms with E-state index < -0.39 is 0 Å². The summed E-state index contributed by atoms with van der Waals surface area (Å²) in [6.45, 7) is 1.33. The molecule has 0 atom stereocenters. The van der Waals surface area contributed by atoms with Crippen LogP contribution in [0.3, 0.4) is 0 Å². The molecule has 1 aliphatic carbocycles. The van der Waals surface area contributed by atoms with Gasteiger partial charge in [0, 0.05) is 38.8 Å². The van der Waals surface area contributed by atoms with Crippen molar-refractivity contribution < 1.29 is 4.79 Å². The summed E-state index contributed by atoms with van der Waals surface area (Å²) in [4.78, 5) is 11.3. The van der Waals surface area contributed by atoms with E-state index in [1.54, 1.807) is 4.68 Å². The zero-order chi connectivity index (χ0) is 11.4.